The number of rotatable bonds is 2. The van der Waals surface area contributed by atoms with Crippen LogP contribution in [0.25, 0.3) is 0 Å². The maximum absolute atomic E-state index is 9.57. The van der Waals surface area contributed by atoms with Crippen LogP contribution < -0.4 is 0 Å². The van der Waals surface area contributed by atoms with E-state index < -0.39 is 22.2 Å². The highest BCUT2D eigenvalue weighted by atomic mass is 32.2. The lowest BCUT2D eigenvalue weighted by atomic mass is 10.8. The van der Waals surface area contributed by atoms with E-state index in [9.17, 15) is 13.0 Å². The van der Waals surface area contributed by atoms with E-state index in [0.29, 0.717) is 0 Å². The summed E-state index contributed by atoms with van der Waals surface area (Å²) in [6, 6.07) is 0. The molecule has 0 aromatic heterocycles. The van der Waals surface area contributed by atoms with Gasteiger partial charge < -0.3 is 14.8 Å². The number of hydrogen-bond acceptors (Lipinski definition) is 5. The zero-order chi connectivity index (χ0) is 6.78. The summed E-state index contributed by atoms with van der Waals surface area (Å²) in [4.78, 5) is 0. The van der Waals surface area contributed by atoms with Gasteiger partial charge in [-0.1, -0.05) is 0 Å². The van der Waals surface area contributed by atoms with Gasteiger partial charge in [0, 0.05) is 0 Å². The van der Waals surface area contributed by atoms with Gasteiger partial charge in [0.25, 0.3) is 0 Å². The first-order chi connectivity index (χ1) is 3.42. The van der Waals surface area contributed by atoms with E-state index in [1.54, 1.807) is 0 Å². The molecule has 0 radical (unpaired) electrons. The minimum absolute atomic E-state index is 1.15. The molecular weight excluding hydrogens is 136 g/mol. The Morgan fingerprint density at radius 1 is 1.50 bits per heavy atom. The van der Waals surface area contributed by atoms with Crippen LogP contribution in [-0.2, 0) is 10.1 Å². The molecule has 0 saturated carbocycles. The average Bonchev–Trinajstić information content (AvgIpc) is 1.21. The summed E-state index contributed by atoms with van der Waals surface area (Å²) in [6.07, 6.45) is -2.06. The number of hydrogen-bond donors (Lipinski definition) is 2. The number of aliphatic hydroxyl groups is 2. The zero-order valence-electron chi connectivity index (χ0n) is 3.81. The monoisotopic (exact) mass is 141 g/mol. The first-order valence-electron chi connectivity index (χ1n) is 1.71. The summed E-state index contributed by atoms with van der Waals surface area (Å²) in [5, 5.41) is 15.7. The van der Waals surface area contributed by atoms with Crippen molar-refractivity contribution in [1.29, 1.82) is 0 Å². The third-order valence-electron chi connectivity index (χ3n) is 0.353. The third kappa shape index (κ3) is 5.83. The van der Waals surface area contributed by atoms with Crippen LogP contribution in [0.2, 0.25) is 0 Å². The summed E-state index contributed by atoms with van der Waals surface area (Å²) < 4.78 is 28.7. The lowest BCUT2D eigenvalue weighted by Crippen LogP contribution is -2.19. The van der Waals surface area contributed by atoms with Crippen LogP contribution in [0.3, 0.4) is 0 Å². The van der Waals surface area contributed by atoms with Crippen LogP contribution in [0.4, 0.5) is 0 Å². The topological polar surface area (TPSA) is 97.7 Å². The van der Waals surface area contributed by atoms with Gasteiger partial charge in [0.05, 0.1) is 15.9 Å². The van der Waals surface area contributed by atoms with Crippen molar-refractivity contribution in [2.45, 2.75) is 6.29 Å². The minimum Gasteiger partial charge on any atom is -0.748 e. The summed E-state index contributed by atoms with van der Waals surface area (Å²) in [5.74, 6) is -1.15. The van der Waals surface area contributed by atoms with Crippen molar-refractivity contribution in [2.24, 2.45) is 0 Å². The van der Waals surface area contributed by atoms with Gasteiger partial charge in [-0.25, -0.2) is 8.42 Å². The average molecular weight is 141 g/mol. The van der Waals surface area contributed by atoms with E-state index in [2.05, 4.69) is 0 Å². The lowest BCUT2D eigenvalue weighted by molar-refractivity contribution is -0.0208. The Labute approximate surface area is 46.3 Å². The molecule has 8 heavy (non-hydrogen) atoms. The van der Waals surface area contributed by atoms with Gasteiger partial charge in [-0.3, -0.25) is 0 Å². The quantitative estimate of drug-likeness (QED) is 0.337. The van der Waals surface area contributed by atoms with Gasteiger partial charge >= 0.3 is 0 Å². The molecule has 5 nitrogen and oxygen atoms in total. The van der Waals surface area contributed by atoms with Crippen molar-refractivity contribution in [3.8, 4) is 0 Å². The molecule has 0 rings (SSSR count). The Kier molecular flexibility index (Phi) is 2.35. The highest BCUT2D eigenvalue weighted by Crippen LogP contribution is 1.83. The Hall–Kier alpha value is -0.170. The highest BCUT2D eigenvalue weighted by molar-refractivity contribution is 7.85. The van der Waals surface area contributed by atoms with Crippen LogP contribution in [0.5, 0.6) is 0 Å². The van der Waals surface area contributed by atoms with Gasteiger partial charge in [-0.15, -0.1) is 0 Å². The van der Waals surface area contributed by atoms with Crippen molar-refractivity contribution in [3.63, 3.8) is 0 Å². The largest absolute Gasteiger partial charge is 0.748 e. The van der Waals surface area contributed by atoms with E-state index in [-0.39, 0.29) is 0 Å². The molecule has 0 spiro atoms. The number of aliphatic hydroxyl groups excluding tert-OH is 1. The van der Waals surface area contributed by atoms with Gasteiger partial charge in [-0.05, 0) is 0 Å². The Morgan fingerprint density at radius 2 is 1.88 bits per heavy atom. The summed E-state index contributed by atoms with van der Waals surface area (Å²) >= 11 is 0. The fourth-order valence-corrected chi connectivity index (χ4v) is 0.548. The molecule has 0 amide bonds. The Balaban J connectivity index is 3.75. The molecule has 2 N–H and O–H groups in total. The van der Waals surface area contributed by atoms with Crippen LogP contribution in [0, 0.1) is 0 Å². The Bertz CT molecular complexity index is 144. The molecule has 6 heteroatoms. The summed E-state index contributed by atoms with van der Waals surface area (Å²) in [7, 11) is -4.47. The maximum atomic E-state index is 9.57. The molecule has 0 unspecified atom stereocenters. The molecule has 0 fully saturated rings. The second-order valence-electron chi connectivity index (χ2n) is 1.20. The van der Waals surface area contributed by atoms with Gasteiger partial charge in [0.1, 0.15) is 0 Å². The summed E-state index contributed by atoms with van der Waals surface area (Å²) in [5.41, 5.74) is 0. The highest BCUT2D eigenvalue weighted by Gasteiger charge is 2.01. The Morgan fingerprint density at radius 3 is 1.88 bits per heavy atom. The zero-order valence-corrected chi connectivity index (χ0v) is 4.63. The predicted octanol–water partition coefficient (Wildman–Crippen LogP) is -2.16. The van der Waals surface area contributed by atoms with E-state index in [1.807, 2.05) is 0 Å². The van der Waals surface area contributed by atoms with Crippen molar-refractivity contribution in [2.75, 3.05) is 5.75 Å². The van der Waals surface area contributed by atoms with Crippen molar-refractivity contribution in [1.82, 2.24) is 0 Å². The predicted molar refractivity (Wildman–Crippen MR) is 22.8 cm³/mol. The molecule has 0 heterocycles. The van der Waals surface area contributed by atoms with E-state index in [0.717, 1.165) is 0 Å². The van der Waals surface area contributed by atoms with Crippen molar-refractivity contribution >= 4 is 10.1 Å². The first kappa shape index (κ1) is 7.83. The SMILES string of the molecule is O=S(=O)([O-])CC(O)O. The smallest absolute Gasteiger partial charge is 0.164 e. The molecule has 0 aromatic carbocycles. The fourth-order valence-electron chi connectivity index (χ4n) is 0.183. The molecule has 0 saturated heterocycles. The molecule has 0 atom stereocenters. The van der Waals surface area contributed by atoms with Crippen LogP contribution in [-0.4, -0.2) is 35.2 Å². The molecule has 0 bridgehead atoms. The van der Waals surface area contributed by atoms with Gasteiger partial charge in [-0.2, -0.15) is 0 Å². The van der Waals surface area contributed by atoms with Crippen molar-refractivity contribution in [3.05, 3.63) is 0 Å². The minimum atomic E-state index is -4.47. The lowest BCUT2D eigenvalue weighted by Gasteiger charge is -2.06. The second-order valence-corrected chi connectivity index (χ2v) is 2.65. The van der Waals surface area contributed by atoms with E-state index in [1.165, 1.54) is 0 Å². The normalized spacial score (nSPS) is 12.5. The van der Waals surface area contributed by atoms with Gasteiger partial charge in [0.2, 0.25) is 0 Å². The standard InChI is InChI=1S/C2H6O5S/c3-2(4)1-8(5,6)7/h2-4H,1H2,(H,5,6,7)/p-1. The molecular formula is C2H5O5S-. The summed E-state index contributed by atoms with van der Waals surface area (Å²) in [6.45, 7) is 0. The maximum Gasteiger partial charge on any atom is 0.164 e. The third-order valence-corrected chi connectivity index (χ3v) is 1.06. The molecule has 0 aliphatic rings. The fraction of sp³-hybridized carbons (Fsp3) is 1.00. The molecule has 0 aliphatic heterocycles. The van der Waals surface area contributed by atoms with E-state index >= 15 is 0 Å². The first-order valence-corrected chi connectivity index (χ1v) is 3.29. The van der Waals surface area contributed by atoms with Crippen LogP contribution in [0.15, 0.2) is 0 Å². The van der Waals surface area contributed by atoms with Crippen LogP contribution in [0.1, 0.15) is 0 Å². The molecule has 50 valence electrons. The van der Waals surface area contributed by atoms with Gasteiger partial charge in [0.15, 0.2) is 6.29 Å². The van der Waals surface area contributed by atoms with Crippen molar-refractivity contribution < 1.29 is 23.2 Å². The van der Waals surface area contributed by atoms with Crippen LogP contribution >= 0.6 is 0 Å². The van der Waals surface area contributed by atoms with E-state index in [4.69, 9.17) is 10.2 Å². The second kappa shape index (κ2) is 2.40. The molecule has 0 aliphatic carbocycles. The molecule has 0 aromatic rings.